The van der Waals surface area contributed by atoms with Crippen LogP contribution in [0.3, 0.4) is 0 Å². The van der Waals surface area contributed by atoms with E-state index in [2.05, 4.69) is 41.4 Å². The van der Waals surface area contributed by atoms with E-state index in [-0.39, 0.29) is 6.61 Å². The van der Waals surface area contributed by atoms with Crippen LogP contribution in [-0.4, -0.2) is 34.3 Å². The van der Waals surface area contributed by atoms with Gasteiger partial charge in [-0.3, -0.25) is 0 Å². The van der Waals surface area contributed by atoms with Crippen LogP contribution >= 0.6 is 0 Å². The van der Waals surface area contributed by atoms with E-state index in [1.165, 1.54) is 6.42 Å². The lowest BCUT2D eigenvalue weighted by Crippen LogP contribution is -2.27. The Hall–Kier alpha value is -1.36. The standard InChI is InChI=1S/C16H28N4O/c1-4-9-17-15-11(3)16(20-14(5-2)19-15)18-13-8-6-7-12(13)10-21/h12-13,21H,4-10H2,1-3H3,(H2,17,18,19,20). The van der Waals surface area contributed by atoms with Gasteiger partial charge >= 0.3 is 0 Å². The molecule has 0 radical (unpaired) electrons. The fourth-order valence-electron chi connectivity index (χ4n) is 2.90. The van der Waals surface area contributed by atoms with Crippen molar-refractivity contribution in [3.63, 3.8) is 0 Å². The molecule has 2 rings (SSSR count). The number of aliphatic hydroxyl groups excluding tert-OH is 1. The Morgan fingerprint density at radius 2 is 1.95 bits per heavy atom. The van der Waals surface area contributed by atoms with Gasteiger partial charge in [0, 0.05) is 37.1 Å². The molecule has 5 heteroatoms. The molecule has 0 aliphatic heterocycles. The molecule has 1 saturated carbocycles. The van der Waals surface area contributed by atoms with Gasteiger partial charge in [0.15, 0.2) is 0 Å². The van der Waals surface area contributed by atoms with E-state index in [0.717, 1.165) is 55.3 Å². The summed E-state index contributed by atoms with van der Waals surface area (Å²) in [6.07, 6.45) is 5.27. The second kappa shape index (κ2) is 7.59. The molecule has 2 atom stereocenters. The van der Waals surface area contributed by atoms with Gasteiger partial charge in [-0.05, 0) is 26.2 Å². The highest BCUT2D eigenvalue weighted by Crippen LogP contribution is 2.30. The first-order valence-corrected chi connectivity index (χ1v) is 8.18. The van der Waals surface area contributed by atoms with Crippen molar-refractivity contribution >= 4 is 11.6 Å². The Labute approximate surface area is 127 Å². The number of hydrogen-bond acceptors (Lipinski definition) is 5. The average Bonchev–Trinajstić information content (AvgIpc) is 2.95. The number of aromatic nitrogens is 2. The summed E-state index contributed by atoms with van der Waals surface area (Å²) in [5, 5.41) is 16.4. The van der Waals surface area contributed by atoms with Gasteiger partial charge in [0.25, 0.3) is 0 Å². The molecule has 1 aliphatic rings. The third-order valence-electron chi connectivity index (χ3n) is 4.27. The van der Waals surface area contributed by atoms with Crippen LogP contribution in [0.25, 0.3) is 0 Å². The molecule has 1 aliphatic carbocycles. The van der Waals surface area contributed by atoms with Gasteiger partial charge in [-0.2, -0.15) is 0 Å². The zero-order valence-electron chi connectivity index (χ0n) is 13.4. The fourth-order valence-corrected chi connectivity index (χ4v) is 2.90. The zero-order chi connectivity index (χ0) is 15.2. The van der Waals surface area contributed by atoms with Crippen molar-refractivity contribution in [3.05, 3.63) is 11.4 Å². The number of rotatable bonds is 7. The first-order chi connectivity index (χ1) is 10.2. The predicted molar refractivity (Wildman–Crippen MR) is 86.8 cm³/mol. The van der Waals surface area contributed by atoms with Crippen LogP contribution in [0, 0.1) is 12.8 Å². The van der Waals surface area contributed by atoms with Gasteiger partial charge in [-0.1, -0.05) is 20.3 Å². The third-order valence-corrected chi connectivity index (χ3v) is 4.27. The summed E-state index contributed by atoms with van der Waals surface area (Å²) in [4.78, 5) is 9.24. The maximum atomic E-state index is 9.47. The van der Waals surface area contributed by atoms with Gasteiger partial charge in [-0.25, -0.2) is 9.97 Å². The Balaban J connectivity index is 2.20. The molecule has 21 heavy (non-hydrogen) atoms. The van der Waals surface area contributed by atoms with Gasteiger partial charge in [0.05, 0.1) is 0 Å². The van der Waals surface area contributed by atoms with Gasteiger partial charge < -0.3 is 15.7 Å². The molecule has 1 aromatic heterocycles. The number of nitrogens with zero attached hydrogens (tertiary/aromatic N) is 2. The van der Waals surface area contributed by atoms with Crippen LogP contribution in [0.2, 0.25) is 0 Å². The molecular weight excluding hydrogens is 264 g/mol. The highest BCUT2D eigenvalue weighted by atomic mass is 16.3. The summed E-state index contributed by atoms with van der Waals surface area (Å²) in [6, 6.07) is 0.326. The lowest BCUT2D eigenvalue weighted by atomic mass is 10.0. The van der Waals surface area contributed by atoms with E-state index in [4.69, 9.17) is 0 Å². The van der Waals surface area contributed by atoms with Gasteiger partial charge in [-0.15, -0.1) is 0 Å². The van der Waals surface area contributed by atoms with E-state index in [0.29, 0.717) is 12.0 Å². The molecule has 118 valence electrons. The summed E-state index contributed by atoms with van der Waals surface area (Å²) < 4.78 is 0. The first kappa shape index (κ1) is 16.0. The van der Waals surface area contributed by atoms with Crippen molar-refractivity contribution in [2.45, 2.75) is 58.9 Å². The molecule has 1 aromatic rings. The molecule has 1 heterocycles. The van der Waals surface area contributed by atoms with E-state index in [1.807, 2.05) is 0 Å². The SMILES string of the molecule is CCCNc1nc(CC)nc(NC2CCCC2CO)c1C. The second-order valence-corrected chi connectivity index (χ2v) is 5.87. The van der Waals surface area contributed by atoms with E-state index in [9.17, 15) is 5.11 Å². The first-order valence-electron chi connectivity index (χ1n) is 8.18. The Morgan fingerprint density at radius 1 is 1.19 bits per heavy atom. The van der Waals surface area contributed by atoms with Crippen LogP contribution in [0.15, 0.2) is 0 Å². The second-order valence-electron chi connectivity index (χ2n) is 5.87. The topological polar surface area (TPSA) is 70.1 Å². The summed E-state index contributed by atoms with van der Waals surface area (Å²) in [5.41, 5.74) is 1.07. The number of aryl methyl sites for hydroxylation is 1. The Kier molecular flexibility index (Phi) is 5.79. The highest BCUT2D eigenvalue weighted by molar-refractivity contribution is 5.57. The van der Waals surface area contributed by atoms with E-state index in [1.54, 1.807) is 0 Å². The quantitative estimate of drug-likeness (QED) is 0.721. The van der Waals surface area contributed by atoms with E-state index >= 15 is 0 Å². The van der Waals surface area contributed by atoms with Crippen molar-refractivity contribution in [3.8, 4) is 0 Å². The summed E-state index contributed by atoms with van der Waals surface area (Å²) in [5.74, 6) is 3.06. The minimum atomic E-state index is 0.253. The van der Waals surface area contributed by atoms with Crippen molar-refractivity contribution in [2.75, 3.05) is 23.8 Å². The van der Waals surface area contributed by atoms with Crippen LogP contribution in [0.1, 0.15) is 50.9 Å². The van der Waals surface area contributed by atoms with Crippen molar-refractivity contribution in [1.29, 1.82) is 0 Å². The maximum absolute atomic E-state index is 9.47. The molecule has 3 N–H and O–H groups in total. The molecular formula is C16H28N4O. The van der Waals surface area contributed by atoms with Crippen molar-refractivity contribution in [2.24, 2.45) is 5.92 Å². The van der Waals surface area contributed by atoms with Crippen LogP contribution in [0.5, 0.6) is 0 Å². The zero-order valence-corrected chi connectivity index (χ0v) is 13.4. The van der Waals surface area contributed by atoms with Crippen molar-refractivity contribution < 1.29 is 5.11 Å². The molecule has 2 unspecified atom stereocenters. The minimum Gasteiger partial charge on any atom is -0.396 e. The predicted octanol–water partition coefficient (Wildman–Crippen LogP) is 2.74. The number of aliphatic hydroxyl groups is 1. The number of nitrogens with one attached hydrogen (secondary N) is 2. The normalized spacial score (nSPS) is 21.5. The molecule has 0 saturated heterocycles. The largest absolute Gasteiger partial charge is 0.396 e. The molecule has 0 bridgehead atoms. The third kappa shape index (κ3) is 3.84. The summed E-state index contributed by atoms with van der Waals surface area (Å²) in [7, 11) is 0. The number of hydrogen-bond donors (Lipinski definition) is 3. The smallest absolute Gasteiger partial charge is 0.135 e. The number of anilines is 2. The summed E-state index contributed by atoms with van der Waals surface area (Å²) >= 11 is 0. The van der Waals surface area contributed by atoms with Crippen LogP contribution in [-0.2, 0) is 6.42 Å². The molecule has 1 fully saturated rings. The summed E-state index contributed by atoms with van der Waals surface area (Å²) in [6.45, 7) is 7.45. The fraction of sp³-hybridized carbons (Fsp3) is 0.750. The Morgan fingerprint density at radius 3 is 2.62 bits per heavy atom. The molecule has 0 aromatic carbocycles. The van der Waals surface area contributed by atoms with Gasteiger partial charge in [0.1, 0.15) is 17.5 Å². The van der Waals surface area contributed by atoms with E-state index < -0.39 is 0 Å². The average molecular weight is 292 g/mol. The van der Waals surface area contributed by atoms with Crippen molar-refractivity contribution in [1.82, 2.24) is 9.97 Å². The van der Waals surface area contributed by atoms with Crippen LogP contribution in [0.4, 0.5) is 11.6 Å². The molecule has 0 spiro atoms. The van der Waals surface area contributed by atoms with Gasteiger partial charge in [0.2, 0.25) is 0 Å². The maximum Gasteiger partial charge on any atom is 0.135 e. The highest BCUT2D eigenvalue weighted by Gasteiger charge is 2.27. The monoisotopic (exact) mass is 292 g/mol. The Bertz CT molecular complexity index is 464. The van der Waals surface area contributed by atoms with Crippen LogP contribution < -0.4 is 10.6 Å². The molecule has 0 amide bonds. The lowest BCUT2D eigenvalue weighted by Gasteiger charge is -2.22. The minimum absolute atomic E-state index is 0.253. The molecule has 5 nitrogen and oxygen atoms in total. The lowest BCUT2D eigenvalue weighted by molar-refractivity contribution is 0.222.